The molecular formula is C12H8ClFOS. The summed E-state index contributed by atoms with van der Waals surface area (Å²) in [6.45, 7) is 0. The summed E-state index contributed by atoms with van der Waals surface area (Å²) in [6.07, 6.45) is 0. The molecule has 0 fully saturated rings. The highest BCUT2D eigenvalue weighted by Crippen LogP contribution is 2.32. The van der Waals surface area contributed by atoms with E-state index in [1.807, 2.05) is 12.1 Å². The molecule has 0 saturated carbocycles. The monoisotopic (exact) mass is 254 g/mol. The molecule has 0 unspecified atom stereocenters. The number of thiol groups is 1. The van der Waals surface area contributed by atoms with Gasteiger partial charge in [0.25, 0.3) is 0 Å². The topological polar surface area (TPSA) is 9.23 Å². The van der Waals surface area contributed by atoms with Crippen LogP contribution in [0.15, 0.2) is 47.4 Å². The number of hydrogen-bond donors (Lipinski definition) is 1. The first-order valence-electron chi connectivity index (χ1n) is 4.58. The summed E-state index contributed by atoms with van der Waals surface area (Å²) in [7, 11) is 0. The van der Waals surface area contributed by atoms with Gasteiger partial charge < -0.3 is 4.74 Å². The summed E-state index contributed by atoms with van der Waals surface area (Å²) in [6, 6.07) is 11.2. The smallest absolute Gasteiger partial charge is 0.146 e. The van der Waals surface area contributed by atoms with Gasteiger partial charge in [0.05, 0.1) is 5.02 Å². The Labute approximate surface area is 103 Å². The van der Waals surface area contributed by atoms with E-state index in [1.54, 1.807) is 12.1 Å². The van der Waals surface area contributed by atoms with Crippen LogP contribution in [0.25, 0.3) is 0 Å². The van der Waals surface area contributed by atoms with E-state index in [0.717, 1.165) is 0 Å². The number of halogens is 2. The van der Waals surface area contributed by atoms with Crippen LogP contribution in [0, 0.1) is 5.82 Å². The van der Waals surface area contributed by atoms with Crippen LogP contribution in [0.3, 0.4) is 0 Å². The Bertz CT molecular complexity index is 516. The van der Waals surface area contributed by atoms with Gasteiger partial charge in [-0.2, -0.15) is 0 Å². The second-order valence-corrected chi connectivity index (χ2v) is 4.03. The number of benzene rings is 2. The van der Waals surface area contributed by atoms with Gasteiger partial charge in [0, 0.05) is 4.90 Å². The lowest BCUT2D eigenvalue weighted by Gasteiger charge is -2.09. The molecule has 0 saturated heterocycles. The minimum Gasteiger partial charge on any atom is -0.455 e. The molecule has 2 aromatic carbocycles. The zero-order valence-electron chi connectivity index (χ0n) is 8.15. The van der Waals surface area contributed by atoms with Crippen LogP contribution >= 0.6 is 24.2 Å². The van der Waals surface area contributed by atoms with Crippen molar-refractivity contribution in [3.8, 4) is 11.5 Å². The summed E-state index contributed by atoms with van der Waals surface area (Å²) in [5.74, 6) is 0.598. The molecule has 0 amide bonds. The van der Waals surface area contributed by atoms with Gasteiger partial charge in [-0.3, -0.25) is 0 Å². The van der Waals surface area contributed by atoms with E-state index in [0.29, 0.717) is 16.4 Å². The average Bonchev–Trinajstić information content (AvgIpc) is 2.25. The molecule has 2 aromatic rings. The van der Waals surface area contributed by atoms with E-state index in [4.69, 9.17) is 16.3 Å². The van der Waals surface area contributed by atoms with Crippen LogP contribution in [0.5, 0.6) is 11.5 Å². The molecule has 0 heterocycles. The Kier molecular flexibility index (Phi) is 3.36. The summed E-state index contributed by atoms with van der Waals surface area (Å²) in [5, 5.41) is 0.233. The summed E-state index contributed by atoms with van der Waals surface area (Å²) >= 11 is 10.1. The highest BCUT2D eigenvalue weighted by Gasteiger charge is 2.06. The Morgan fingerprint density at radius 1 is 1.06 bits per heavy atom. The lowest BCUT2D eigenvalue weighted by molar-refractivity contribution is 0.470. The fourth-order valence-corrected chi connectivity index (χ4v) is 1.63. The molecule has 0 aliphatic carbocycles. The Balaban J connectivity index is 2.31. The SMILES string of the molecule is Fc1ccc(Oc2ccccc2S)c(Cl)c1. The fraction of sp³-hybridized carbons (Fsp3) is 0. The van der Waals surface area contributed by atoms with Gasteiger partial charge in [-0.1, -0.05) is 23.7 Å². The maximum Gasteiger partial charge on any atom is 0.146 e. The molecule has 0 aliphatic rings. The van der Waals surface area contributed by atoms with E-state index < -0.39 is 5.82 Å². The van der Waals surface area contributed by atoms with Crippen LogP contribution in [0.4, 0.5) is 4.39 Å². The first kappa shape index (κ1) is 11.3. The molecule has 2 rings (SSSR count). The minimum atomic E-state index is -0.392. The van der Waals surface area contributed by atoms with Crippen LogP contribution in [-0.2, 0) is 0 Å². The van der Waals surface area contributed by atoms with Crippen molar-refractivity contribution >= 4 is 24.2 Å². The molecule has 0 bridgehead atoms. The number of ether oxygens (including phenoxy) is 1. The maximum absolute atomic E-state index is 12.8. The quantitative estimate of drug-likeness (QED) is 0.773. The standard InChI is InChI=1S/C12H8ClFOS/c13-9-7-8(14)5-6-10(9)15-11-3-1-2-4-12(11)16/h1-7,16H. The van der Waals surface area contributed by atoms with Gasteiger partial charge in [-0.15, -0.1) is 12.6 Å². The van der Waals surface area contributed by atoms with Gasteiger partial charge in [0.15, 0.2) is 0 Å². The van der Waals surface area contributed by atoms with Crippen molar-refractivity contribution in [3.63, 3.8) is 0 Å². The minimum absolute atomic E-state index is 0.233. The zero-order valence-corrected chi connectivity index (χ0v) is 9.80. The van der Waals surface area contributed by atoms with Gasteiger partial charge in [-0.05, 0) is 30.3 Å². The van der Waals surface area contributed by atoms with Gasteiger partial charge in [0.2, 0.25) is 0 Å². The van der Waals surface area contributed by atoms with Crippen LogP contribution in [0.2, 0.25) is 5.02 Å². The highest BCUT2D eigenvalue weighted by molar-refractivity contribution is 7.80. The van der Waals surface area contributed by atoms with Crippen molar-refractivity contribution in [2.45, 2.75) is 4.90 Å². The van der Waals surface area contributed by atoms with Crippen LogP contribution < -0.4 is 4.74 Å². The maximum atomic E-state index is 12.8. The Morgan fingerprint density at radius 3 is 2.50 bits per heavy atom. The van der Waals surface area contributed by atoms with Gasteiger partial charge in [-0.25, -0.2) is 4.39 Å². The molecule has 82 valence electrons. The number of hydrogen-bond acceptors (Lipinski definition) is 2. The third kappa shape index (κ3) is 2.49. The van der Waals surface area contributed by atoms with Crippen molar-refractivity contribution < 1.29 is 9.13 Å². The summed E-state index contributed by atoms with van der Waals surface area (Å²) < 4.78 is 18.3. The van der Waals surface area contributed by atoms with Gasteiger partial charge >= 0.3 is 0 Å². The van der Waals surface area contributed by atoms with Gasteiger partial charge in [0.1, 0.15) is 17.3 Å². The molecular weight excluding hydrogens is 247 g/mol. The first-order valence-corrected chi connectivity index (χ1v) is 5.40. The first-order chi connectivity index (χ1) is 7.66. The largest absolute Gasteiger partial charge is 0.455 e. The lowest BCUT2D eigenvalue weighted by Crippen LogP contribution is -1.87. The predicted octanol–water partition coefficient (Wildman–Crippen LogP) is 4.56. The van der Waals surface area contributed by atoms with E-state index >= 15 is 0 Å². The second-order valence-electron chi connectivity index (χ2n) is 3.14. The normalized spacial score (nSPS) is 10.2. The molecule has 16 heavy (non-hydrogen) atoms. The van der Waals surface area contributed by atoms with E-state index in [1.165, 1.54) is 18.2 Å². The van der Waals surface area contributed by atoms with Crippen molar-refractivity contribution in [1.29, 1.82) is 0 Å². The molecule has 0 N–H and O–H groups in total. The summed E-state index contributed by atoms with van der Waals surface area (Å²) in [5.41, 5.74) is 0. The van der Waals surface area contributed by atoms with Crippen molar-refractivity contribution in [2.24, 2.45) is 0 Å². The Hall–Kier alpha value is -1.19. The number of para-hydroxylation sites is 1. The second kappa shape index (κ2) is 4.76. The highest BCUT2D eigenvalue weighted by atomic mass is 35.5. The molecule has 4 heteroatoms. The Morgan fingerprint density at radius 2 is 1.81 bits per heavy atom. The van der Waals surface area contributed by atoms with E-state index in [2.05, 4.69) is 12.6 Å². The third-order valence-corrected chi connectivity index (χ3v) is 2.64. The number of rotatable bonds is 2. The van der Waals surface area contributed by atoms with Crippen LogP contribution in [0.1, 0.15) is 0 Å². The fourth-order valence-electron chi connectivity index (χ4n) is 1.22. The zero-order chi connectivity index (χ0) is 11.5. The van der Waals surface area contributed by atoms with Crippen LogP contribution in [-0.4, -0.2) is 0 Å². The molecule has 1 nitrogen and oxygen atoms in total. The van der Waals surface area contributed by atoms with Crippen molar-refractivity contribution in [2.75, 3.05) is 0 Å². The third-order valence-electron chi connectivity index (χ3n) is 1.98. The van der Waals surface area contributed by atoms with Crippen molar-refractivity contribution in [3.05, 3.63) is 53.3 Å². The lowest BCUT2D eigenvalue weighted by atomic mass is 10.3. The van der Waals surface area contributed by atoms with E-state index in [-0.39, 0.29) is 5.02 Å². The molecule has 0 aliphatic heterocycles. The predicted molar refractivity (Wildman–Crippen MR) is 65.2 cm³/mol. The van der Waals surface area contributed by atoms with Crippen molar-refractivity contribution in [1.82, 2.24) is 0 Å². The molecule has 0 atom stereocenters. The summed E-state index contributed by atoms with van der Waals surface area (Å²) in [4.78, 5) is 0.697. The average molecular weight is 255 g/mol. The molecule has 0 spiro atoms. The molecule has 0 radical (unpaired) electrons. The molecule has 0 aromatic heterocycles. The van der Waals surface area contributed by atoms with E-state index in [9.17, 15) is 4.39 Å².